The number of pyridine rings is 1. The van der Waals surface area contributed by atoms with Crippen molar-refractivity contribution in [2.45, 2.75) is 31.9 Å². The van der Waals surface area contributed by atoms with E-state index in [0.29, 0.717) is 16.8 Å². The molecular formula is C29H25FN6O2. The van der Waals surface area contributed by atoms with E-state index in [9.17, 15) is 14.4 Å². The number of ether oxygens (including phenoxy) is 1. The van der Waals surface area contributed by atoms with Gasteiger partial charge in [-0.15, -0.1) is 0 Å². The summed E-state index contributed by atoms with van der Waals surface area (Å²) >= 11 is 0. The van der Waals surface area contributed by atoms with Crippen LogP contribution in [0.1, 0.15) is 40.5 Å². The van der Waals surface area contributed by atoms with Crippen LogP contribution in [0.5, 0.6) is 0 Å². The van der Waals surface area contributed by atoms with Crippen LogP contribution in [0.25, 0.3) is 22.0 Å². The minimum atomic E-state index is -1.01. The number of fused-ring (bicyclic) bond motifs is 2. The summed E-state index contributed by atoms with van der Waals surface area (Å²) in [7, 11) is 0. The average molecular weight is 509 g/mol. The molecule has 2 aromatic carbocycles. The number of benzene rings is 2. The molecule has 1 saturated heterocycles. The molecule has 8 nitrogen and oxygen atoms in total. The summed E-state index contributed by atoms with van der Waals surface area (Å²) < 4.78 is 20.2. The molecule has 9 heteroatoms. The van der Waals surface area contributed by atoms with E-state index in [2.05, 4.69) is 26.3 Å². The summed E-state index contributed by atoms with van der Waals surface area (Å²) in [5, 5.41) is 14.4. The van der Waals surface area contributed by atoms with Crippen molar-refractivity contribution in [3.63, 3.8) is 0 Å². The Labute approximate surface area is 219 Å². The highest BCUT2D eigenvalue weighted by Crippen LogP contribution is 2.34. The molecule has 0 unspecified atom stereocenters. The Balaban J connectivity index is 1.22. The molecule has 4 aromatic rings. The number of aromatic nitrogens is 3. The molecule has 6 rings (SSSR count). The molecule has 4 heterocycles. The molecule has 2 aliphatic rings. The van der Waals surface area contributed by atoms with E-state index in [0.717, 1.165) is 40.9 Å². The molecule has 1 atom stereocenters. The van der Waals surface area contributed by atoms with Gasteiger partial charge >= 0.3 is 0 Å². The van der Waals surface area contributed by atoms with E-state index in [1.165, 1.54) is 12.5 Å². The maximum atomic E-state index is 14.8. The second kappa shape index (κ2) is 9.47. The molecule has 0 radical (unpaired) electrons. The third kappa shape index (κ3) is 4.33. The molecule has 0 bridgehead atoms. The van der Waals surface area contributed by atoms with E-state index in [1.807, 2.05) is 24.3 Å². The second-order valence-electron chi connectivity index (χ2n) is 9.94. The molecule has 1 fully saturated rings. The number of rotatable bonds is 5. The summed E-state index contributed by atoms with van der Waals surface area (Å²) in [5.74, 6) is -0.105. The van der Waals surface area contributed by atoms with Crippen molar-refractivity contribution in [2.75, 3.05) is 24.6 Å². The standard InChI is InChI=1S/C29H25FN6O2/c1-29(16-31)17-38-15-23-24(29)9-21(10-25(23)30)28(37)34-12-22-8-20-7-18(3-4-19(20)11-33-22)26-13-32-14-27(35-26)36-5-2-6-36/h3-4,7-11,13-14H,2,5-6,12,15,17H2,1H3,(H,34,37)/t29-/m1/s1. The predicted octanol–water partition coefficient (Wildman–Crippen LogP) is 4.28. The molecule has 2 aliphatic heterocycles. The minimum absolute atomic E-state index is 0.0808. The van der Waals surface area contributed by atoms with Gasteiger partial charge in [0.25, 0.3) is 5.91 Å². The first-order valence-corrected chi connectivity index (χ1v) is 12.5. The Morgan fingerprint density at radius 3 is 2.84 bits per heavy atom. The topological polar surface area (TPSA) is 104 Å². The van der Waals surface area contributed by atoms with Gasteiger partial charge in [-0.25, -0.2) is 9.37 Å². The van der Waals surface area contributed by atoms with Crippen LogP contribution in [0.3, 0.4) is 0 Å². The Morgan fingerprint density at radius 2 is 2.05 bits per heavy atom. The highest BCUT2D eigenvalue weighted by atomic mass is 19.1. The molecule has 38 heavy (non-hydrogen) atoms. The number of carbonyl (C=O) groups is 1. The van der Waals surface area contributed by atoms with Gasteiger partial charge in [-0.3, -0.25) is 14.8 Å². The summed E-state index contributed by atoms with van der Waals surface area (Å²) in [4.78, 5) is 28.8. The van der Waals surface area contributed by atoms with Crippen molar-refractivity contribution in [1.82, 2.24) is 20.3 Å². The molecule has 190 valence electrons. The molecule has 1 N–H and O–H groups in total. The quantitative estimate of drug-likeness (QED) is 0.429. The number of anilines is 1. The Kier molecular flexibility index (Phi) is 5.97. The average Bonchev–Trinajstić information content (AvgIpc) is 2.91. The van der Waals surface area contributed by atoms with Crippen molar-refractivity contribution in [3.05, 3.63) is 83.2 Å². The lowest BCUT2D eigenvalue weighted by Gasteiger charge is -2.31. The van der Waals surface area contributed by atoms with E-state index >= 15 is 0 Å². The number of nitriles is 1. The zero-order valence-corrected chi connectivity index (χ0v) is 20.9. The van der Waals surface area contributed by atoms with Crippen molar-refractivity contribution < 1.29 is 13.9 Å². The van der Waals surface area contributed by atoms with Gasteiger partial charge in [0, 0.05) is 41.4 Å². The fourth-order valence-electron chi connectivity index (χ4n) is 4.84. The summed E-state index contributed by atoms with van der Waals surface area (Å²) in [6.07, 6.45) is 6.48. The van der Waals surface area contributed by atoms with E-state index < -0.39 is 17.1 Å². The first-order chi connectivity index (χ1) is 18.4. The molecular weight excluding hydrogens is 483 g/mol. The molecule has 0 aliphatic carbocycles. The predicted molar refractivity (Wildman–Crippen MR) is 140 cm³/mol. The van der Waals surface area contributed by atoms with Gasteiger partial charge in [-0.05, 0) is 48.6 Å². The van der Waals surface area contributed by atoms with Crippen molar-refractivity contribution in [3.8, 4) is 17.3 Å². The maximum Gasteiger partial charge on any atom is 0.251 e. The summed E-state index contributed by atoms with van der Waals surface area (Å²) in [6, 6.07) is 12.9. The fourth-order valence-corrected chi connectivity index (χ4v) is 4.84. The van der Waals surface area contributed by atoms with Gasteiger partial charge in [0.2, 0.25) is 0 Å². The SMILES string of the molecule is C[C@@]1(C#N)COCc2c(F)cc(C(=O)NCc3cc4cc(-c5cncc(N6CCC6)n5)ccc4cn3)cc21. The second-order valence-corrected chi connectivity index (χ2v) is 9.94. The van der Waals surface area contributed by atoms with Gasteiger partial charge in [-0.1, -0.05) is 12.1 Å². The maximum absolute atomic E-state index is 14.8. The van der Waals surface area contributed by atoms with Crippen molar-refractivity contribution in [1.29, 1.82) is 5.26 Å². The Morgan fingerprint density at radius 1 is 1.18 bits per heavy atom. The monoisotopic (exact) mass is 508 g/mol. The van der Waals surface area contributed by atoms with Gasteiger partial charge < -0.3 is 15.0 Å². The van der Waals surface area contributed by atoms with Gasteiger partial charge in [0.15, 0.2) is 0 Å². The highest BCUT2D eigenvalue weighted by molar-refractivity contribution is 5.94. The van der Waals surface area contributed by atoms with Crippen molar-refractivity contribution >= 4 is 22.5 Å². The van der Waals surface area contributed by atoms with Crippen LogP contribution in [0, 0.1) is 17.1 Å². The lowest BCUT2D eigenvalue weighted by molar-refractivity contribution is 0.0730. The lowest BCUT2D eigenvalue weighted by Crippen LogP contribution is -2.37. The summed E-state index contributed by atoms with van der Waals surface area (Å²) in [6.45, 7) is 4.09. The van der Waals surface area contributed by atoms with Gasteiger partial charge in [0.05, 0.1) is 49.6 Å². The molecule has 0 spiro atoms. The number of hydrogen-bond acceptors (Lipinski definition) is 7. The van der Waals surface area contributed by atoms with Crippen LogP contribution in [-0.4, -0.2) is 40.6 Å². The van der Waals surface area contributed by atoms with Gasteiger partial charge in [0.1, 0.15) is 17.1 Å². The number of amides is 1. The lowest BCUT2D eigenvalue weighted by atomic mass is 9.79. The number of nitrogens with one attached hydrogen (secondary N) is 1. The van der Waals surface area contributed by atoms with Crippen LogP contribution in [0.2, 0.25) is 0 Å². The molecule has 0 saturated carbocycles. The number of carbonyl (C=O) groups excluding carboxylic acids is 1. The zero-order valence-electron chi connectivity index (χ0n) is 20.9. The fraction of sp³-hybridized carbons (Fsp3) is 0.276. The number of hydrogen-bond donors (Lipinski definition) is 1. The van der Waals surface area contributed by atoms with Crippen molar-refractivity contribution in [2.24, 2.45) is 0 Å². The van der Waals surface area contributed by atoms with Gasteiger partial charge in [-0.2, -0.15) is 5.26 Å². The number of halogens is 1. The molecule has 2 aromatic heterocycles. The zero-order chi connectivity index (χ0) is 26.3. The van der Waals surface area contributed by atoms with Crippen LogP contribution < -0.4 is 10.2 Å². The minimum Gasteiger partial charge on any atom is -0.375 e. The first kappa shape index (κ1) is 23.9. The van der Waals surface area contributed by atoms with Crippen LogP contribution in [0.4, 0.5) is 10.2 Å². The van der Waals surface area contributed by atoms with E-state index in [4.69, 9.17) is 9.72 Å². The van der Waals surface area contributed by atoms with Crippen LogP contribution in [-0.2, 0) is 23.3 Å². The Hall–Kier alpha value is -4.42. The molecule has 1 amide bonds. The normalized spacial score (nSPS) is 18.4. The van der Waals surface area contributed by atoms with Crippen LogP contribution >= 0.6 is 0 Å². The third-order valence-electron chi connectivity index (χ3n) is 7.24. The third-order valence-corrected chi connectivity index (χ3v) is 7.24. The van der Waals surface area contributed by atoms with Crippen LogP contribution in [0.15, 0.2) is 55.0 Å². The largest absolute Gasteiger partial charge is 0.375 e. The summed E-state index contributed by atoms with van der Waals surface area (Å²) in [5.41, 5.74) is 2.37. The first-order valence-electron chi connectivity index (χ1n) is 12.5. The number of nitrogens with zero attached hydrogens (tertiary/aromatic N) is 5. The van der Waals surface area contributed by atoms with E-state index in [-0.39, 0.29) is 25.3 Å². The highest BCUT2D eigenvalue weighted by Gasteiger charge is 2.35. The van der Waals surface area contributed by atoms with E-state index in [1.54, 1.807) is 31.6 Å². The Bertz CT molecular complexity index is 1610. The smallest absolute Gasteiger partial charge is 0.251 e.